The molecule has 4 rings (SSSR count). The maximum Gasteiger partial charge on any atom is 0.177 e. The fourth-order valence-corrected chi connectivity index (χ4v) is 5.42. The molecule has 3 aromatic heterocycles. The highest BCUT2D eigenvalue weighted by Gasteiger charge is 2.03. The van der Waals surface area contributed by atoms with Gasteiger partial charge >= 0.3 is 0 Å². The molecule has 0 unspecified atom stereocenters. The third-order valence-electron chi connectivity index (χ3n) is 7.37. The van der Waals surface area contributed by atoms with Crippen LogP contribution >= 0.6 is 11.3 Å². The highest BCUT2D eigenvalue weighted by atomic mass is 32.1. The number of hydrogen-bond acceptors (Lipinski definition) is 5. The van der Waals surface area contributed by atoms with Gasteiger partial charge in [-0.1, -0.05) is 115 Å². The maximum absolute atomic E-state index is 4.23. The third kappa shape index (κ3) is 15.6. The Morgan fingerprint density at radius 2 is 1.08 bits per heavy atom. The van der Waals surface area contributed by atoms with E-state index in [1.165, 1.54) is 129 Å². The summed E-state index contributed by atoms with van der Waals surface area (Å²) >= 11 is 1.71. The summed E-state index contributed by atoms with van der Waals surface area (Å²) in [5.74, 6) is 0.823. The second kappa shape index (κ2) is 22.1. The first-order valence-electron chi connectivity index (χ1n) is 15.6. The predicted octanol–water partition coefficient (Wildman–Crippen LogP) is 9.44. The summed E-state index contributed by atoms with van der Waals surface area (Å²) in [7, 11) is 0. The SMILES string of the molecule is CCN1CCCCCCCCCCCCCCCCCCC1.Cc1ccc2nnc(C)n2n1.c1ccsc1. The van der Waals surface area contributed by atoms with Crippen molar-refractivity contribution in [1.82, 2.24) is 24.7 Å². The van der Waals surface area contributed by atoms with Crippen LogP contribution in [0.2, 0.25) is 0 Å². The summed E-state index contributed by atoms with van der Waals surface area (Å²) in [6, 6.07) is 7.86. The molecule has 4 heterocycles. The summed E-state index contributed by atoms with van der Waals surface area (Å²) in [6.45, 7) is 10.1. The van der Waals surface area contributed by atoms with Crippen LogP contribution in [0.15, 0.2) is 35.0 Å². The Morgan fingerprint density at radius 1 is 0.632 bits per heavy atom. The zero-order chi connectivity index (χ0) is 27.1. The minimum atomic E-state index is 0.799. The minimum Gasteiger partial charge on any atom is -0.304 e. The molecule has 3 aromatic rings. The zero-order valence-corrected chi connectivity index (χ0v) is 25.6. The molecule has 0 aliphatic carbocycles. The van der Waals surface area contributed by atoms with E-state index in [9.17, 15) is 0 Å². The molecule has 6 heteroatoms. The Bertz CT molecular complexity index is 871. The van der Waals surface area contributed by atoms with Crippen molar-refractivity contribution in [2.75, 3.05) is 19.6 Å². The summed E-state index contributed by atoms with van der Waals surface area (Å²) in [4.78, 5) is 2.68. The smallest absolute Gasteiger partial charge is 0.177 e. The minimum absolute atomic E-state index is 0.799. The Labute approximate surface area is 237 Å². The monoisotopic (exact) mass is 541 g/mol. The molecule has 5 nitrogen and oxygen atoms in total. The molecular formula is C32H55N5S. The molecule has 1 aliphatic heterocycles. The number of aryl methyl sites for hydroxylation is 2. The van der Waals surface area contributed by atoms with Gasteiger partial charge in [-0.2, -0.15) is 21.0 Å². The van der Waals surface area contributed by atoms with Crippen LogP contribution in [0.25, 0.3) is 5.65 Å². The van der Waals surface area contributed by atoms with Gasteiger partial charge in [0.2, 0.25) is 0 Å². The van der Waals surface area contributed by atoms with Crippen LogP contribution in [-0.2, 0) is 0 Å². The molecule has 38 heavy (non-hydrogen) atoms. The van der Waals surface area contributed by atoms with E-state index in [0.717, 1.165) is 17.2 Å². The number of fused-ring (bicyclic) bond motifs is 1. The van der Waals surface area contributed by atoms with E-state index in [1.54, 1.807) is 15.9 Å². The molecule has 0 amide bonds. The van der Waals surface area contributed by atoms with Crippen LogP contribution < -0.4 is 0 Å². The molecule has 0 bridgehead atoms. The van der Waals surface area contributed by atoms with Crippen molar-refractivity contribution in [1.29, 1.82) is 0 Å². The van der Waals surface area contributed by atoms with Crippen LogP contribution in [0.5, 0.6) is 0 Å². The second-order valence-corrected chi connectivity index (χ2v) is 11.5. The highest BCUT2D eigenvalue weighted by Crippen LogP contribution is 2.15. The topological polar surface area (TPSA) is 46.3 Å². The van der Waals surface area contributed by atoms with Gasteiger partial charge in [0.15, 0.2) is 11.5 Å². The number of aromatic nitrogens is 4. The van der Waals surface area contributed by atoms with E-state index in [4.69, 9.17) is 0 Å². The van der Waals surface area contributed by atoms with Crippen molar-refractivity contribution in [3.8, 4) is 0 Å². The van der Waals surface area contributed by atoms with Crippen molar-refractivity contribution >= 4 is 17.0 Å². The lowest BCUT2D eigenvalue weighted by molar-refractivity contribution is 0.273. The van der Waals surface area contributed by atoms with Crippen molar-refractivity contribution in [2.24, 2.45) is 0 Å². The molecule has 214 valence electrons. The molecule has 0 spiro atoms. The molecule has 1 saturated heterocycles. The predicted molar refractivity (Wildman–Crippen MR) is 165 cm³/mol. The fourth-order valence-electron chi connectivity index (χ4n) is 4.97. The number of rotatable bonds is 1. The number of nitrogens with zero attached hydrogens (tertiary/aromatic N) is 5. The van der Waals surface area contributed by atoms with Crippen molar-refractivity contribution in [3.63, 3.8) is 0 Å². The number of hydrogen-bond donors (Lipinski definition) is 0. The Kier molecular flexibility index (Phi) is 18.8. The molecule has 0 saturated carbocycles. The van der Waals surface area contributed by atoms with Crippen molar-refractivity contribution < 1.29 is 0 Å². The van der Waals surface area contributed by atoms with Crippen LogP contribution in [0.3, 0.4) is 0 Å². The second-order valence-electron chi connectivity index (χ2n) is 10.7. The van der Waals surface area contributed by atoms with Crippen molar-refractivity contribution in [3.05, 3.63) is 46.5 Å². The van der Waals surface area contributed by atoms with E-state index >= 15 is 0 Å². The van der Waals surface area contributed by atoms with Crippen molar-refractivity contribution in [2.45, 2.75) is 130 Å². The van der Waals surface area contributed by atoms with Gasteiger partial charge in [0.25, 0.3) is 0 Å². The summed E-state index contributed by atoms with van der Waals surface area (Å²) in [5.41, 5.74) is 1.77. The van der Waals surface area contributed by atoms with Gasteiger partial charge in [0.05, 0.1) is 5.69 Å². The molecule has 1 fully saturated rings. The van der Waals surface area contributed by atoms with E-state index < -0.39 is 0 Å². The molecule has 0 radical (unpaired) electrons. The Morgan fingerprint density at radius 3 is 1.47 bits per heavy atom. The first-order chi connectivity index (χ1) is 18.7. The quantitative estimate of drug-likeness (QED) is 0.308. The van der Waals surface area contributed by atoms with Gasteiger partial charge < -0.3 is 4.90 Å². The van der Waals surface area contributed by atoms with Gasteiger partial charge in [0.1, 0.15) is 0 Å². The van der Waals surface area contributed by atoms with Crippen LogP contribution in [-0.4, -0.2) is 44.3 Å². The van der Waals surface area contributed by atoms with Gasteiger partial charge in [-0.3, -0.25) is 0 Å². The van der Waals surface area contributed by atoms with Crippen LogP contribution in [0.4, 0.5) is 0 Å². The largest absolute Gasteiger partial charge is 0.304 e. The Hall–Kier alpha value is -1.79. The first kappa shape index (κ1) is 32.4. The normalized spacial score (nSPS) is 18.0. The van der Waals surface area contributed by atoms with Gasteiger partial charge in [-0.05, 0) is 69.2 Å². The van der Waals surface area contributed by atoms with Gasteiger partial charge in [-0.25, -0.2) is 0 Å². The van der Waals surface area contributed by atoms with Crippen LogP contribution in [0, 0.1) is 13.8 Å². The summed E-state index contributed by atoms with van der Waals surface area (Å²) in [5, 5.41) is 16.1. The molecule has 0 N–H and O–H groups in total. The van der Waals surface area contributed by atoms with Crippen LogP contribution in [0.1, 0.15) is 128 Å². The third-order valence-corrected chi connectivity index (χ3v) is 8.00. The number of thiophene rings is 1. The van der Waals surface area contributed by atoms with E-state index in [2.05, 4.69) is 27.1 Å². The first-order valence-corrected chi connectivity index (χ1v) is 16.5. The average molecular weight is 542 g/mol. The van der Waals surface area contributed by atoms with E-state index in [1.807, 2.05) is 48.9 Å². The highest BCUT2D eigenvalue weighted by molar-refractivity contribution is 7.07. The average Bonchev–Trinajstić information content (AvgIpc) is 3.63. The lowest BCUT2D eigenvalue weighted by Gasteiger charge is -2.20. The molecule has 1 aliphatic rings. The lowest BCUT2D eigenvalue weighted by Crippen LogP contribution is -2.25. The molecule has 0 aromatic carbocycles. The van der Waals surface area contributed by atoms with Gasteiger partial charge in [0, 0.05) is 0 Å². The maximum atomic E-state index is 4.23. The summed E-state index contributed by atoms with van der Waals surface area (Å²) in [6.07, 6.45) is 25.1. The molecule has 0 atom stereocenters. The van der Waals surface area contributed by atoms with Gasteiger partial charge in [-0.15, -0.1) is 10.2 Å². The fraction of sp³-hybridized carbons (Fsp3) is 0.719. The molecular weight excluding hydrogens is 486 g/mol. The van der Waals surface area contributed by atoms with E-state index in [-0.39, 0.29) is 0 Å². The zero-order valence-electron chi connectivity index (χ0n) is 24.8. The Balaban J connectivity index is 0.000000256. The summed E-state index contributed by atoms with van der Waals surface area (Å²) < 4.78 is 1.73. The lowest BCUT2D eigenvalue weighted by atomic mass is 10.0. The standard InChI is InChI=1S/C21H43N.C7H8N4.C4H4S/c1-2-22-20-18-16-14-12-10-8-6-4-3-5-7-9-11-13-15-17-19-21-22;1-5-3-4-7-9-8-6(2)11(7)10-5;1-2-4-5-3-1/h2-21H2,1H3;3-4H,1-2H3;1-4H. The van der Waals surface area contributed by atoms with E-state index in [0.29, 0.717) is 0 Å².